The first-order valence-corrected chi connectivity index (χ1v) is 16.1. The van der Waals surface area contributed by atoms with Crippen molar-refractivity contribution in [2.24, 2.45) is 5.92 Å². The second kappa shape index (κ2) is 30.0. The first kappa shape index (κ1) is 33.0. The van der Waals surface area contributed by atoms with Crippen LogP contribution in [0.25, 0.3) is 0 Å². The Balaban J connectivity index is 3.53. The van der Waals surface area contributed by atoms with Crippen LogP contribution >= 0.6 is 0 Å². The molecule has 0 aromatic heterocycles. The monoisotopic (exact) mass is 466 g/mol. The van der Waals surface area contributed by atoms with Gasteiger partial charge in [0.1, 0.15) is 0 Å². The molecule has 0 aliphatic carbocycles. The van der Waals surface area contributed by atoms with Crippen molar-refractivity contribution in [1.82, 2.24) is 5.32 Å². The highest BCUT2D eigenvalue weighted by Crippen LogP contribution is 2.23. The summed E-state index contributed by atoms with van der Waals surface area (Å²) < 4.78 is 0. The fourth-order valence-corrected chi connectivity index (χ4v) is 5.22. The first-order valence-electron chi connectivity index (χ1n) is 16.1. The lowest BCUT2D eigenvalue weighted by atomic mass is 9.90. The van der Waals surface area contributed by atoms with E-state index >= 15 is 0 Å². The van der Waals surface area contributed by atoms with Crippen LogP contribution in [0, 0.1) is 5.92 Å². The van der Waals surface area contributed by atoms with Crippen molar-refractivity contribution in [3.05, 3.63) is 0 Å². The molecule has 0 aromatic carbocycles. The molecule has 1 unspecified atom stereocenters. The zero-order valence-corrected chi connectivity index (χ0v) is 23.9. The van der Waals surface area contributed by atoms with Crippen molar-refractivity contribution in [2.75, 3.05) is 13.1 Å². The number of hydrogen-bond donors (Lipinski definition) is 1. The van der Waals surface area contributed by atoms with Crippen molar-refractivity contribution in [3.63, 3.8) is 0 Å². The molecule has 0 amide bonds. The quantitative estimate of drug-likeness (QED) is 0.108. The van der Waals surface area contributed by atoms with Crippen LogP contribution in [0.5, 0.6) is 0 Å². The van der Waals surface area contributed by atoms with Gasteiger partial charge in [-0.1, -0.05) is 168 Å². The fourth-order valence-electron chi connectivity index (χ4n) is 5.22. The van der Waals surface area contributed by atoms with E-state index in [1.165, 1.54) is 180 Å². The van der Waals surface area contributed by atoms with Crippen molar-refractivity contribution < 1.29 is 0 Å². The van der Waals surface area contributed by atoms with Crippen molar-refractivity contribution in [1.29, 1.82) is 0 Å². The van der Waals surface area contributed by atoms with Crippen molar-refractivity contribution in [3.8, 4) is 0 Å². The first-order chi connectivity index (χ1) is 16.3. The smallest absolute Gasteiger partial charge is 0.00488 e. The molecule has 1 N–H and O–H groups in total. The third-order valence-electron chi connectivity index (χ3n) is 7.60. The van der Waals surface area contributed by atoms with E-state index in [0.717, 1.165) is 5.92 Å². The summed E-state index contributed by atoms with van der Waals surface area (Å²) in [6, 6.07) is 0. The predicted molar refractivity (Wildman–Crippen MR) is 153 cm³/mol. The molecule has 200 valence electrons. The van der Waals surface area contributed by atoms with Crippen LogP contribution in [-0.4, -0.2) is 13.1 Å². The SMILES string of the molecule is CCCCCCCCCCCCCCCCCCC(CCCCCC)CCCNCCCC. The van der Waals surface area contributed by atoms with Gasteiger partial charge in [0.2, 0.25) is 0 Å². The molecule has 0 rings (SSSR count). The molecule has 0 radical (unpaired) electrons. The van der Waals surface area contributed by atoms with Gasteiger partial charge in [0.05, 0.1) is 0 Å². The van der Waals surface area contributed by atoms with E-state index in [9.17, 15) is 0 Å². The minimum atomic E-state index is 1.00. The average Bonchev–Trinajstić information content (AvgIpc) is 2.83. The van der Waals surface area contributed by atoms with Gasteiger partial charge in [-0.3, -0.25) is 0 Å². The molecule has 0 aliphatic heterocycles. The molecule has 0 aromatic rings. The Hall–Kier alpha value is -0.0400. The Morgan fingerprint density at radius 3 is 1.06 bits per heavy atom. The highest BCUT2D eigenvalue weighted by molar-refractivity contribution is 4.63. The van der Waals surface area contributed by atoms with Crippen LogP contribution in [0.4, 0.5) is 0 Å². The summed E-state index contributed by atoms with van der Waals surface area (Å²) in [5.41, 5.74) is 0. The van der Waals surface area contributed by atoms with E-state index in [4.69, 9.17) is 0 Å². The Morgan fingerprint density at radius 1 is 0.333 bits per heavy atom. The van der Waals surface area contributed by atoms with Gasteiger partial charge in [-0.15, -0.1) is 0 Å². The molecule has 0 spiro atoms. The molecular weight excluding hydrogens is 398 g/mol. The molecule has 0 saturated carbocycles. The van der Waals surface area contributed by atoms with Crippen LogP contribution in [0.2, 0.25) is 0 Å². The van der Waals surface area contributed by atoms with E-state index in [-0.39, 0.29) is 0 Å². The maximum Gasteiger partial charge on any atom is -0.00488 e. The predicted octanol–water partition coefficient (Wildman–Crippen LogP) is 11.4. The topological polar surface area (TPSA) is 12.0 Å². The average molecular weight is 466 g/mol. The molecule has 0 heterocycles. The summed E-state index contributed by atoms with van der Waals surface area (Å²) in [4.78, 5) is 0. The van der Waals surface area contributed by atoms with E-state index in [1.54, 1.807) is 0 Å². The normalized spacial score (nSPS) is 12.5. The van der Waals surface area contributed by atoms with E-state index < -0.39 is 0 Å². The van der Waals surface area contributed by atoms with E-state index in [0.29, 0.717) is 0 Å². The molecule has 0 bridgehead atoms. The summed E-state index contributed by atoms with van der Waals surface area (Å²) >= 11 is 0. The summed E-state index contributed by atoms with van der Waals surface area (Å²) in [5, 5.41) is 3.64. The minimum absolute atomic E-state index is 1.00. The summed E-state index contributed by atoms with van der Waals surface area (Å²) in [6.07, 6.45) is 37.8. The molecule has 1 heteroatoms. The molecular formula is C32H67N. The third-order valence-corrected chi connectivity index (χ3v) is 7.60. The highest BCUT2D eigenvalue weighted by atomic mass is 14.8. The fraction of sp³-hybridized carbons (Fsp3) is 1.00. The molecule has 0 aliphatic rings. The summed E-state index contributed by atoms with van der Waals surface area (Å²) in [5.74, 6) is 1.00. The zero-order chi connectivity index (χ0) is 24.1. The van der Waals surface area contributed by atoms with E-state index in [1.807, 2.05) is 0 Å². The van der Waals surface area contributed by atoms with Gasteiger partial charge in [0.15, 0.2) is 0 Å². The van der Waals surface area contributed by atoms with Gasteiger partial charge in [-0.05, 0) is 38.3 Å². The number of unbranched alkanes of at least 4 members (excludes halogenated alkanes) is 19. The van der Waals surface area contributed by atoms with Crippen LogP contribution in [0.1, 0.15) is 188 Å². The van der Waals surface area contributed by atoms with Crippen LogP contribution in [0.15, 0.2) is 0 Å². The zero-order valence-electron chi connectivity index (χ0n) is 23.9. The Bertz CT molecular complexity index is 326. The third kappa shape index (κ3) is 28.1. The lowest BCUT2D eigenvalue weighted by Crippen LogP contribution is -2.17. The van der Waals surface area contributed by atoms with Crippen molar-refractivity contribution in [2.45, 2.75) is 188 Å². The molecule has 0 saturated heterocycles. The minimum Gasteiger partial charge on any atom is -0.317 e. The van der Waals surface area contributed by atoms with Crippen molar-refractivity contribution >= 4 is 0 Å². The van der Waals surface area contributed by atoms with Gasteiger partial charge < -0.3 is 5.32 Å². The maximum absolute atomic E-state index is 3.64. The van der Waals surface area contributed by atoms with Crippen LogP contribution < -0.4 is 5.32 Å². The van der Waals surface area contributed by atoms with Crippen LogP contribution in [0.3, 0.4) is 0 Å². The van der Waals surface area contributed by atoms with Gasteiger partial charge >= 0.3 is 0 Å². The van der Waals surface area contributed by atoms with Gasteiger partial charge in [-0.25, -0.2) is 0 Å². The lowest BCUT2D eigenvalue weighted by molar-refractivity contribution is 0.369. The molecule has 0 fully saturated rings. The molecule has 1 nitrogen and oxygen atoms in total. The second-order valence-corrected chi connectivity index (χ2v) is 11.1. The number of hydrogen-bond acceptors (Lipinski definition) is 1. The van der Waals surface area contributed by atoms with Gasteiger partial charge in [0, 0.05) is 0 Å². The second-order valence-electron chi connectivity index (χ2n) is 11.1. The molecule has 1 atom stereocenters. The summed E-state index contributed by atoms with van der Waals surface area (Å²) in [7, 11) is 0. The van der Waals surface area contributed by atoms with E-state index in [2.05, 4.69) is 26.1 Å². The Labute approximate surface area is 212 Å². The largest absolute Gasteiger partial charge is 0.317 e. The van der Waals surface area contributed by atoms with Gasteiger partial charge in [-0.2, -0.15) is 0 Å². The highest BCUT2D eigenvalue weighted by Gasteiger charge is 2.08. The molecule has 33 heavy (non-hydrogen) atoms. The number of rotatable bonds is 29. The Morgan fingerprint density at radius 2 is 0.636 bits per heavy atom. The number of nitrogens with one attached hydrogen (secondary N) is 1. The maximum atomic E-state index is 3.64. The summed E-state index contributed by atoms with van der Waals surface area (Å²) in [6.45, 7) is 9.38. The lowest BCUT2D eigenvalue weighted by Gasteiger charge is -2.17. The van der Waals surface area contributed by atoms with Crippen LogP contribution in [-0.2, 0) is 0 Å². The Kier molecular flexibility index (Phi) is 30.0. The standard InChI is InChI=1S/C32H67N/c1-4-7-10-12-13-14-15-16-17-18-19-20-21-22-23-25-28-32(27-24-11-8-5-2)29-26-31-33-30-9-6-3/h32-33H,4-31H2,1-3H3. The van der Waals surface area contributed by atoms with Gasteiger partial charge in [0.25, 0.3) is 0 Å².